The Labute approximate surface area is 190 Å². The van der Waals surface area contributed by atoms with Gasteiger partial charge in [0.25, 0.3) is 0 Å². The second-order valence-corrected chi connectivity index (χ2v) is 8.16. The number of hydrogen-bond acceptors (Lipinski definition) is 4. The third-order valence-corrected chi connectivity index (χ3v) is 5.57. The fraction of sp³-hybridized carbons (Fsp3) is 0.350. The predicted molar refractivity (Wildman–Crippen MR) is 128 cm³/mol. The van der Waals surface area contributed by atoms with Gasteiger partial charge >= 0.3 is 0 Å². The van der Waals surface area contributed by atoms with E-state index in [1.165, 1.54) is 12.6 Å². The van der Waals surface area contributed by atoms with Gasteiger partial charge in [-0.2, -0.15) is 0 Å². The number of rotatable bonds is 9. The zero-order chi connectivity index (χ0) is 20.4. The zero-order valence-electron chi connectivity index (χ0n) is 16.9. The Morgan fingerprint density at radius 2 is 1.55 bits per heavy atom. The van der Waals surface area contributed by atoms with E-state index in [9.17, 15) is 8.42 Å². The van der Waals surface area contributed by atoms with E-state index in [0.717, 1.165) is 35.8 Å². The van der Waals surface area contributed by atoms with Crippen molar-refractivity contribution in [2.75, 3.05) is 27.7 Å². The normalized spacial score (nSPS) is 11.5. The largest absolute Gasteiger partial charge is 0.497 e. The van der Waals surface area contributed by atoms with Crippen LogP contribution < -0.4 is 20.1 Å². The van der Waals surface area contributed by atoms with Crippen LogP contribution in [0, 0.1) is 0 Å². The van der Waals surface area contributed by atoms with Gasteiger partial charge in [0, 0.05) is 20.1 Å². The van der Waals surface area contributed by atoms with Gasteiger partial charge in [0.2, 0.25) is 10.0 Å². The summed E-state index contributed by atoms with van der Waals surface area (Å²) in [5, 5.41) is 6.54. The highest BCUT2D eigenvalue weighted by atomic mass is 127. The fourth-order valence-electron chi connectivity index (χ4n) is 2.57. The first-order valence-electron chi connectivity index (χ1n) is 9.02. The number of ether oxygens (including phenoxy) is 1. The summed E-state index contributed by atoms with van der Waals surface area (Å²) in [4.78, 5) is 4.23. The van der Waals surface area contributed by atoms with Crippen LogP contribution in [0.5, 0.6) is 5.75 Å². The lowest BCUT2D eigenvalue weighted by Crippen LogP contribution is -2.37. The number of methoxy groups -OCH3 is 1. The van der Waals surface area contributed by atoms with Crippen molar-refractivity contribution in [3.05, 3.63) is 65.2 Å². The molecular formula is C20H29IN4O3S. The number of benzene rings is 2. The molecule has 0 radical (unpaired) electrons. The van der Waals surface area contributed by atoms with Crippen LogP contribution in [0.4, 0.5) is 0 Å². The van der Waals surface area contributed by atoms with Crippen molar-refractivity contribution >= 4 is 40.0 Å². The highest BCUT2D eigenvalue weighted by Crippen LogP contribution is 2.11. The minimum absolute atomic E-state index is 0. The number of sulfonamides is 1. The highest BCUT2D eigenvalue weighted by Gasteiger charge is 2.08. The molecule has 0 heterocycles. The Hall–Kier alpha value is -1.85. The monoisotopic (exact) mass is 532 g/mol. The van der Waals surface area contributed by atoms with Crippen LogP contribution in [0.1, 0.15) is 16.7 Å². The standard InChI is InChI=1S/C20H28N4O3S.HI/c1-21-20(23-13-12-16-8-10-19(27-3)11-9-16)24-14-17-4-6-18(7-5-17)15-28(25,26)22-2;/h4-11,22H,12-15H2,1-3H3,(H2,21,23,24);1H. The lowest BCUT2D eigenvalue weighted by molar-refractivity contribution is 0.414. The predicted octanol–water partition coefficient (Wildman–Crippen LogP) is 2.27. The first-order valence-corrected chi connectivity index (χ1v) is 10.7. The molecule has 0 amide bonds. The van der Waals surface area contributed by atoms with E-state index in [4.69, 9.17) is 4.74 Å². The summed E-state index contributed by atoms with van der Waals surface area (Å²) in [5.41, 5.74) is 3.01. The molecule has 0 bridgehead atoms. The summed E-state index contributed by atoms with van der Waals surface area (Å²) in [5.74, 6) is 1.55. The number of aliphatic imine (C=N–C) groups is 1. The first kappa shape index (κ1) is 25.2. The van der Waals surface area contributed by atoms with Gasteiger partial charge in [0.1, 0.15) is 5.75 Å². The Morgan fingerprint density at radius 3 is 2.10 bits per heavy atom. The summed E-state index contributed by atoms with van der Waals surface area (Å²) < 4.78 is 30.7. The smallest absolute Gasteiger partial charge is 0.215 e. The molecule has 0 saturated heterocycles. The molecule has 29 heavy (non-hydrogen) atoms. The second-order valence-electron chi connectivity index (χ2n) is 6.23. The van der Waals surface area contributed by atoms with Crippen LogP contribution >= 0.6 is 24.0 Å². The molecule has 0 saturated carbocycles. The minimum Gasteiger partial charge on any atom is -0.497 e. The van der Waals surface area contributed by atoms with Crippen molar-refractivity contribution in [3.8, 4) is 5.75 Å². The van der Waals surface area contributed by atoms with Crippen LogP contribution in [0.15, 0.2) is 53.5 Å². The van der Waals surface area contributed by atoms with E-state index in [-0.39, 0.29) is 29.7 Å². The van der Waals surface area contributed by atoms with Crippen molar-refractivity contribution in [2.45, 2.75) is 18.7 Å². The molecule has 0 atom stereocenters. The topological polar surface area (TPSA) is 91.8 Å². The summed E-state index contributed by atoms with van der Waals surface area (Å²) in [6.07, 6.45) is 0.874. The Balaban J connectivity index is 0.00000420. The molecule has 7 nitrogen and oxygen atoms in total. The van der Waals surface area contributed by atoms with Gasteiger partial charge in [-0.05, 0) is 42.3 Å². The van der Waals surface area contributed by atoms with Gasteiger partial charge in [-0.15, -0.1) is 24.0 Å². The molecule has 0 unspecified atom stereocenters. The summed E-state index contributed by atoms with van der Waals surface area (Å²) >= 11 is 0. The maximum atomic E-state index is 11.6. The molecule has 0 aromatic heterocycles. The third-order valence-electron chi connectivity index (χ3n) is 4.24. The summed E-state index contributed by atoms with van der Waals surface area (Å²) in [7, 11) is 1.55. The van der Waals surface area contributed by atoms with Crippen molar-refractivity contribution in [2.24, 2.45) is 4.99 Å². The molecular weight excluding hydrogens is 503 g/mol. The van der Waals surface area contributed by atoms with Gasteiger partial charge in [-0.1, -0.05) is 36.4 Å². The first-order chi connectivity index (χ1) is 13.5. The zero-order valence-corrected chi connectivity index (χ0v) is 20.1. The van der Waals surface area contributed by atoms with Crippen LogP contribution in [0.2, 0.25) is 0 Å². The Kier molecular flexibility index (Phi) is 11.0. The van der Waals surface area contributed by atoms with Crippen molar-refractivity contribution in [1.29, 1.82) is 0 Å². The summed E-state index contributed by atoms with van der Waals surface area (Å²) in [6.45, 7) is 1.36. The maximum Gasteiger partial charge on any atom is 0.215 e. The van der Waals surface area contributed by atoms with Gasteiger partial charge in [-0.25, -0.2) is 13.1 Å². The SMILES string of the molecule is CN=C(NCCc1ccc(OC)cc1)NCc1ccc(CS(=O)(=O)NC)cc1.I. The third kappa shape index (κ3) is 9.01. The maximum absolute atomic E-state index is 11.6. The average molecular weight is 532 g/mol. The van der Waals surface area contributed by atoms with Crippen LogP contribution in [0.25, 0.3) is 0 Å². The molecule has 0 fully saturated rings. The minimum atomic E-state index is -3.25. The van der Waals surface area contributed by atoms with Gasteiger partial charge in [0.15, 0.2) is 5.96 Å². The van der Waals surface area contributed by atoms with Crippen LogP contribution in [-0.2, 0) is 28.7 Å². The molecule has 9 heteroatoms. The van der Waals surface area contributed by atoms with E-state index in [1.54, 1.807) is 14.2 Å². The van der Waals surface area contributed by atoms with Crippen molar-refractivity contribution < 1.29 is 13.2 Å². The van der Waals surface area contributed by atoms with E-state index < -0.39 is 10.0 Å². The lowest BCUT2D eigenvalue weighted by Gasteiger charge is -2.12. The number of hydrogen-bond donors (Lipinski definition) is 3. The van der Waals surface area contributed by atoms with Gasteiger partial charge in [0.05, 0.1) is 12.9 Å². The molecule has 0 aliphatic heterocycles. The average Bonchev–Trinajstić information content (AvgIpc) is 2.72. The summed E-state index contributed by atoms with van der Waals surface area (Å²) in [6, 6.07) is 15.5. The molecule has 0 aliphatic rings. The number of halogens is 1. The lowest BCUT2D eigenvalue weighted by atomic mass is 10.1. The van der Waals surface area contributed by atoms with E-state index >= 15 is 0 Å². The van der Waals surface area contributed by atoms with Crippen molar-refractivity contribution in [3.63, 3.8) is 0 Å². The van der Waals surface area contributed by atoms with E-state index in [2.05, 4.69) is 20.3 Å². The molecule has 2 rings (SSSR count). The Morgan fingerprint density at radius 1 is 0.966 bits per heavy atom. The number of guanidine groups is 1. The number of nitrogens with zero attached hydrogens (tertiary/aromatic N) is 1. The van der Waals surface area contributed by atoms with Gasteiger partial charge in [-0.3, -0.25) is 4.99 Å². The fourth-order valence-corrected chi connectivity index (χ4v) is 3.34. The molecule has 3 N–H and O–H groups in total. The van der Waals surface area contributed by atoms with Crippen LogP contribution in [0.3, 0.4) is 0 Å². The Bertz CT molecular complexity index is 870. The molecule has 0 spiro atoms. The highest BCUT2D eigenvalue weighted by molar-refractivity contribution is 14.0. The van der Waals surface area contributed by atoms with Crippen molar-refractivity contribution in [1.82, 2.24) is 15.4 Å². The molecule has 2 aromatic carbocycles. The quantitative estimate of drug-likeness (QED) is 0.262. The molecule has 160 valence electrons. The molecule has 2 aromatic rings. The van der Waals surface area contributed by atoms with Crippen LogP contribution in [-0.4, -0.2) is 42.1 Å². The van der Waals surface area contributed by atoms with E-state index in [0.29, 0.717) is 6.54 Å². The molecule has 0 aliphatic carbocycles. The number of nitrogens with one attached hydrogen (secondary N) is 3. The van der Waals surface area contributed by atoms with Gasteiger partial charge < -0.3 is 15.4 Å². The second kappa shape index (κ2) is 12.7. The van der Waals surface area contributed by atoms with E-state index in [1.807, 2.05) is 48.5 Å².